The molecule has 3 aliphatic heterocycles. The van der Waals surface area contributed by atoms with E-state index in [0.717, 1.165) is 75.5 Å². The molecule has 1 atom stereocenters. The topological polar surface area (TPSA) is 67.5 Å². The molecule has 1 aromatic carbocycles. The third kappa shape index (κ3) is 4.57. The number of benzene rings is 1. The fourth-order valence-corrected chi connectivity index (χ4v) is 6.03. The summed E-state index contributed by atoms with van der Waals surface area (Å²) in [6.45, 7) is 4.36. The van der Waals surface area contributed by atoms with E-state index in [-0.39, 0.29) is 23.9 Å². The normalized spacial score (nSPS) is 21.4. The van der Waals surface area contributed by atoms with E-state index in [0.29, 0.717) is 5.91 Å². The molecule has 6 rings (SSSR count). The molecule has 0 radical (unpaired) electrons. The second-order valence-corrected chi connectivity index (χ2v) is 10.2. The first kappa shape index (κ1) is 23.0. The lowest BCUT2D eigenvalue weighted by Crippen LogP contribution is -2.50. The quantitative estimate of drug-likeness (QED) is 0.558. The molecular weight excluding hydrogens is 455 g/mol. The first-order valence-electron chi connectivity index (χ1n) is 13.0. The van der Waals surface area contributed by atoms with Gasteiger partial charge in [0.05, 0.1) is 17.1 Å². The minimum atomic E-state index is -0.248. The van der Waals surface area contributed by atoms with Gasteiger partial charge in [-0.3, -0.25) is 14.7 Å². The number of carbonyl (C=O) groups excluding carboxylic acids is 1. The maximum atomic E-state index is 14.0. The summed E-state index contributed by atoms with van der Waals surface area (Å²) in [5.41, 5.74) is 3.95. The number of nitrogens with zero attached hydrogens (tertiary/aromatic N) is 4. The van der Waals surface area contributed by atoms with Crippen LogP contribution in [0.15, 0.2) is 60.9 Å². The van der Waals surface area contributed by atoms with Crippen LogP contribution in [0, 0.1) is 11.7 Å². The molecule has 3 aliphatic rings. The SMILES string of the molecule is O=C(C1CCN(Cc2ccc[nH]2)CC1)N1CCC(N2c3ccc(F)cc3NC2c2ccccn2)CC1. The van der Waals surface area contributed by atoms with Crippen molar-refractivity contribution >= 4 is 17.3 Å². The van der Waals surface area contributed by atoms with Crippen LogP contribution in [0.25, 0.3) is 0 Å². The summed E-state index contributed by atoms with van der Waals surface area (Å²) in [6.07, 6.45) is 7.25. The first-order chi connectivity index (χ1) is 17.7. The standard InChI is InChI=1S/C28H33FN6O/c29-21-6-7-26-25(18-21)32-27(24-5-1-2-12-31-24)35(26)23-10-16-34(17-11-23)28(36)20-8-14-33(15-9-20)19-22-4-3-13-30-22/h1-7,12-13,18,20,23,27,30,32H,8-11,14-17,19H2. The molecule has 0 spiro atoms. The van der Waals surface area contributed by atoms with Crippen molar-refractivity contribution in [1.29, 1.82) is 0 Å². The van der Waals surface area contributed by atoms with Crippen LogP contribution in [0.2, 0.25) is 0 Å². The van der Waals surface area contributed by atoms with E-state index in [1.54, 1.807) is 12.3 Å². The van der Waals surface area contributed by atoms with Crippen LogP contribution in [0.4, 0.5) is 15.8 Å². The number of fused-ring (bicyclic) bond motifs is 1. The van der Waals surface area contributed by atoms with Gasteiger partial charge in [0.15, 0.2) is 0 Å². The number of aromatic nitrogens is 2. The van der Waals surface area contributed by atoms with Crippen LogP contribution in [0.5, 0.6) is 0 Å². The first-order valence-corrected chi connectivity index (χ1v) is 13.0. The second kappa shape index (κ2) is 9.93. The van der Waals surface area contributed by atoms with Crippen molar-refractivity contribution in [1.82, 2.24) is 19.8 Å². The van der Waals surface area contributed by atoms with Gasteiger partial charge >= 0.3 is 0 Å². The minimum absolute atomic E-state index is 0.125. The van der Waals surface area contributed by atoms with E-state index in [1.165, 1.54) is 11.8 Å². The third-order valence-electron chi connectivity index (χ3n) is 7.94. The number of hydrogen-bond donors (Lipinski definition) is 2. The van der Waals surface area contributed by atoms with Gasteiger partial charge in [0.25, 0.3) is 0 Å². The van der Waals surface area contributed by atoms with Gasteiger partial charge in [-0.15, -0.1) is 0 Å². The highest BCUT2D eigenvalue weighted by Crippen LogP contribution is 2.44. The monoisotopic (exact) mass is 488 g/mol. The zero-order chi connectivity index (χ0) is 24.5. The van der Waals surface area contributed by atoms with Crippen molar-refractivity contribution in [2.45, 2.75) is 44.4 Å². The lowest BCUT2D eigenvalue weighted by atomic mass is 9.93. The lowest BCUT2D eigenvalue weighted by Gasteiger charge is -2.41. The average molecular weight is 489 g/mol. The number of likely N-dealkylation sites (tertiary alicyclic amines) is 2. The van der Waals surface area contributed by atoms with Gasteiger partial charge in [-0.05, 0) is 81.2 Å². The summed E-state index contributed by atoms with van der Waals surface area (Å²) in [5.74, 6) is 0.193. The number of amides is 1. The van der Waals surface area contributed by atoms with Crippen LogP contribution < -0.4 is 10.2 Å². The molecule has 1 amide bonds. The van der Waals surface area contributed by atoms with Gasteiger partial charge in [0.2, 0.25) is 5.91 Å². The molecule has 2 fully saturated rings. The maximum Gasteiger partial charge on any atom is 0.225 e. The predicted octanol–water partition coefficient (Wildman–Crippen LogP) is 4.38. The minimum Gasteiger partial charge on any atom is -0.364 e. The highest BCUT2D eigenvalue weighted by Gasteiger charge is 2.39. The highest BCUT2D eigenvalue weighted by molar-refractivity contribution is 5.79. The smallest absolute Gasteiger partial charge is 0.225 e. The van der Waals surface area contributed by atoms with Crippen LogP contribution in [-0.2, 0) is 11.3 Å². The molecule has 0 bridgehead atoms. The van der Waals surface area contributed by atoms with Crippen LogP contribution in [-0.4, -0.2) is 57.9 Å². The number of hydrogen-bond acceptors (Lipinski definition) is 5. The van der Waals surface area contributed by atoms with Gasteiger partial charge < -0.3 is 20.1 Å². The molecule has 188 valence electrons. The van der Waals surface area contributed by atoms with E-state index in [9.17, 15) is 9.18 Å². The fourth-order valence-electron chi connectivity index (χ4n) is 6.03. The summed E-state index contributed by atoms with van der Waals surface area (Å²) in [7, 11) is 0. The number of rotatable bonds is 5. The van der Waals surface area contributed by atoms with Crippen molar-refractivity contribution in [3.63, 3.8) is 0 Å². The van der Waals surface area contributed by atoms with Gasteiger partial charge in [0, 0.05) is 49.7 Å². The summed E-state index contributed by atoms with van der Waals surface area (Å²) >= 11 is 0. The molecule has 3 aromatic rings. The van der Waals surface area contributed by atoms with Crippen LogP contribution in [0.1, 0.15) is 43.2 Å². The molecule has 8 heteroatoms. The number of pyridine rings is 1. The Morgan fingerprint density at radius 1 is 1.00 bits per heavy atom. The molecule has 1 unspecified atom stereocenters. The Morgan fingerprint density at radius 3 is 2.56 bits per heavy atom. The zero-order valence-electron chi connectivity index (χ0n) is 20.4. The number of carbonyl (C=O) groups is 1. The van der Waals surface area contributed by atoms with Crippen molar-refractivity contribution in [2.24, 2.45) is 5.92 Å². The average Bonchev–Trinajstić information content (AvgIpc) is 3.57. The van der Waals surface area contributed by atoms with Crippen LogP contribution >= 0.6 is 0 Å². The number of halogens is 1. The molecule has 2 aromatic heterocycles. The maximum absolute atomic E-state index is 14.0. The Hall–Kier alpha value is -3.39. The number of H-pyrrole nitrogens is 1. The molecule has 36 heavy (non-hydrogen) atoms. The Labute approximate surface area is 211 Å². The van der Waals surface area contributed by atoms with E-state index in [4.69, 9.17) is 0 Å². The van der Waals surface area contributed by atoms with E-state index in [2.05, 4.69) is 36.1 Å². The molecule has 7 nitrogen and oxygen atoms in total. The van der Waals surface area contributed by atoms with Crippen molar-refractivity contribution < 1.29 is 9.18 Å². The second-order valence-electron chi connectivity index (χ2n) is 10.2. The zero-order valence-corrected chi connectivity index (χ0v) is 20.4. The van der Waals surface area contributed by atoms with Gasteiger partial charge in [0.1, 0.15) is 12.0 Å². The number of piperidine rings is 2. The Morgan fingerprint density at radius 2 is 1.83 bits per heavy atom. The summed E-state index contributed by atoms with van der Waals surface area (Å²) < 4.78 is 14.0. The van der Waals surface area contributed by atoms with Crippen molar-refractivity contribution in [2.75, 3.05) is 36.4 Å². The molecule has 5 heterocycles. The Bertz CT molecular complexity index is 1170. The number of anilines is 2. The molecule has 0 aliphatic carbocycles. The highest BCUT2D eigenvalue weighted by atomic mass is 19.1. The largest absolute Gasteiger partial charge is 0.364 e. The van der Waals surface area contributed by atoms with E-state index in [1.807, 2.05) is 36.5 Å². The number of aromatic amines is 1. The molecule has 2 N–H and O–H groups in total. The predicted molar refractivity (Wildman–Crippen MR) is 138 cm³/mol. The van der Waals surface area contributed by atoms with E-state index >= 15 is 0 Å². The molecule has 0 saturated carbocycles. The van der Waals surface area contributed by atoms with Crippen LogP contribution in [0.3, 0.4) is 0 Å². The third-order valence-corrected chi connectivity index (χ3v) is 7.94. The Kier molecular flexibility index (Phi) is 6.35. The van der Waals surface area contributed by atoms with Crippen molar-refractivity contribution in [3.8, 4) is 0 Å². The fraction of sp³-hybridized carbons (Fsp3) is 0.429. The summed E-state index contributed by atoms with van der Waals surface area (Å²) in [6, 6.07) is 15.2. The van der Waals surface area contributed by atoms with Crippen molar-refractivity contribution in [3.05, 3.63) is 78.1 Å². The molecular formula is C28H33FN6O. The van der Waals surface area contributed by atoms with Gasteiger partial charge in [-0.25, -0.2) is 4.39 Å². The summed E-state index contributed by atoms with van der Waals surface area (Å²) in [5, 5.41) is 3.48. The number of nitrogens with one attached hydrogen (secondary N) is 2. The summed E-state index contributed by atoms with van der Waals surface area (Å²) in [4.78, 5) is 28.1. The molecule has 2 saturated heterocycles. The van der Waals surface area contributed by atoms with Gasteiger partial charge in [-0.1, -0.05) is 6.07 Å². The van der Waals surface area contributed by atoms with Gasteiger partial charge in [-0.2, -0.15) is 0 Å². The lowest BCUT2D eigenvalue weighted by molar-refractivity contribution is -0.138. The van der Waals surface area contributed by atoms with E-state index < -0.39 is 0 Å². The Balaban J connectivity index is 1.09.